The Morgan fingerprint density at radius 1 is 1.23 bits per heavy atom. The van der Waals surface area contributed by atoms with Gasteiger partial charge in [0.25, 0.3) is 5.82 Å². The van der Waals surface area contributed by atoms with E-state index in [4.69, 9.17) is 16.0 Å². The van der Waals surface area contributed by atoms with Gasteiger partial charge in [-0.3, -0.25) is 4.79 Å². The first kappa shape index (κ1) is 15.6. The SMILES string of the molecule is NC(=O)Cc1nc(C(=O)O)nn1-c1ccc(S(N)(=O)=O)cc1. The van der Waals surface area contributed by atoms with Crippen molar-refractivity contribution in [2.75, 3.05) is 0 Å². The Balaban J connectivity index is 2.51. The van der Waals surface area contributed by atoms with Crippen LogP contribution in [0, 0.1) is 0 Å². The van der Waals surface area contributed by atoms with Gasteiger partial charge >= 0.3 is 5.97 Å². The van der Waals surface area contributed by atoms with Crippen LogP contribution < -0.4 is 10.9 Å². The van der Waals surface area contributed by atoms with E-state index in [1.165, 1.54) is 24.3 Å². The van der Waals surface area contributed by atoms with Gasteiger partial charge in [0.2, 0.25) is 15.9 Å². The lowest BCUT2D eigenvalue weighted by Crippen LogP contribution is -2.17. The number of aromatic carboxylic acids is 1. The maximum absolute atomic E-state index is 11.2. The zero-order chi connectivity index (χ0) is 16.5. The monoisotopic (exact) mass is 325 g/mol. The molecule has 10 nitrogen and oxygen atoms in total. The fourth-order valence-corrected chi connectivity index (χ4v) is 2.20. The van der Waals surface area contributed by atoms with Gasteiger partial charge in [-0.2, -0.15) is 0 Å². The third kappa shape index (κ3) is 3.27. The fraction of sp³-hybridized carbons (Fsp3) is 0.0909. The lowest BCUT2D eigenvalue weighted by Gasteiger charge is -2.05. The first-order chi connectivity index (χ1) is 10.2. The standard InChI is InChI=1S/C11H11N5O5S/c12-8(17)5-9-14-10(11(18)19)15-16(9)6-1-3-7(4-2-6)22(13,20)21/h1-4H,5H2,(H2,12,17)(H,18,19)(H2,13,20,21). The molecule has 0 atom stereocenters. The number of carbonyl (C=O) groups is 2. The van der Waals surface area contributed by atoms with Crippen molar-refractivity contribution in [2.45, 2.75) is 11.3 Å². The Labute approximate surface area is 124 Å². The summed E-state index contributed by atoms with van der Waals surface area (Å²) >= 11 is 0. The highest BCUT2D eigenvalue weighted by Crippen LogP contribution is 2.14. The summed E-state index contributed by atoms with van der Waals surface area (Å²) in [5.41, 5.74) is 5.38. The number of primary amides is 1. The van der Waals surface area contributed by atoms with Crippen LogP contribution in [-0.2, 0) is 21.2 Å². The van der Waals surface area contributed by atoms with Crippen LogP contribution in [0.3, 0.4) is 0 Å². The maximum atomic E-state index is 11.2. The van der Waals surface area contributed by atoms with Gasteiger partial charge in [0.15, 0.2) is 0 Å². The molecule has 0 radical (unpaired) electrons. The average molecular weight is 325 g/mol. The summed E-state index contributed by atoms with van der Waals surface area (Å²) in [6.07, 6.45) is -0.322. The highest BCUT2D eigenvalue weighted by atomic mass is 32.2. The van der Waals surface area contributed by atoms with Gasteiger partial charge in [0.05, 0.1) is 17.0 Å². The number of hydrogen-bond donors (Lipinski definition) is 3. The van der Waals surface area contributed by atoms with Gasteiger partial charge in [-0.25, -0.2) is 28.0 Å². The van der Waals surface area contributed by atoms with Crippen LogP contribution in [0.1, 0.15) is 16.4 Å². The molecule has 11 heteroatoms. The zero-order valence-electron chi connectivity index (χ0n) is 11.0. The van der Waals surface area contributed by atoms with Gasteiger partial charge in [0.1, 0.15) is 5.82 Å². The second kappa shape index (κ2) is 5.54. The second-order valence-electron chi connectivity index (χ2n) is 4.25. The molecule has 0 fully saturated rings. The molecule has 2 rings (SSSR count). The van der Waals surface area contributed by atoms with Crippen LogP contribution in [0.15, 0.2) is 29.2 Å². The van der Waals surface area contributed by atoms with Gasteiger partial charge in [0, 0.05) is 0 Å². The molecule has 1 aromatic carbocycles. The number of sulfonamides is 1. The number of aromatic nitrogens is 3. The van der Waals surface area contributed by atoms with E-state index < -0.39 is 27.7 Å². The number of carboxylic acid groups (broad SMARTS) is 1. The molecule has 0 aliphatic rings. The van der Waals surface area contributed by atoms with Crippen molar-refractivity contribution in [3.63, 3.8) is 0 Å². The topological polar surface area (TPSA) is 171 Å². The highest BCUT2D eigenvalue weighted by Gasteiger charge is 2.18. The summed E-state index contributed by atoms with van der Waals surface area (Å²) in [4.78, 5) is 25.5. The molecule has 1 amide bonds. The number of rotatable bonds is 5. The first-order valence-corrected chi connectivity index (χ1v) is 7.34. The lowest BCUT2D eigenvalue weighted by atomic mass is 10.3. The van der Waals surface area contributed by atoms with E-state index in [9.17, 15) is 18.0 Å². The number of amides is 1. The number of carboxylic acids is 1. The second-order valence-corrected chi connectivity index (χ2v) is 5.81. The molecule has 22 heavy (non-hydrogen) atoms. The van der Waals surface area contributed by atoms with Crippen LogP contribution in [0.5, 0.6) is 0 Å². The molecule has 0 aliphatic heterocycles. The summed E-state index contributed by atoms with van der Waals surface area (Å²) in [5, 5.41) is 17.6. The van der Waals surface area contributed by atoms with Crippen LogP contribution in [-0.4, -0.2) is 40.2 Å². The van der Waals surface area contributed by atoms with Gasteiger partial charge in [-0.05, 0) is 24.3 Å². The molecule has 1 heterocycles. The quantitative estimate of drug-likeness (QED) is 0.609. The molecular weight excluding hydrogens is 314 g/mol. The van der Waals surface area contributed by atoms with Crippen molar-refractivity contribution in [1.82, 2.24) is 14.8 Å². The zero-order valence-corrected chi connectivity index (χ0v) is 11.8. The maximum Gasteiger partial charge on any atom is 0.375 e. The van der Waals surface area contributed by atoms with E-state index in [0.717, 1.165) is 4.68 Å². The molecule has 0 spiro atoms. The predicted molar refractivity (Wildman–Crippen MR) is 72.6 cm³/mol. The van der Waals surface area contributed by atoms with Crippen LogP contribution in [0.4, 0.5) is 0 Å². The molecule has 2 aromatic rings. The number of nitrogens with two attached hydrogens (primary N) is 2. The molecule has 0 unspecified atom stereocenters. The van der Waals surface area contributed by atoms with Gasteiger partial charge in [-0.1, -0.05) is 0 Å². The molecule has 5 N–H and O–H groups in total. The number of hydrogen-bond acceptors (Lipinski definition) is 6. The van der Waals surface area contributed by atoms with Crippen LogP contribution >= 0.6 is 0 Å². The summed E-state index contributed by atoms with van der Waals surface area (Å²) in [7, 11) is -3.85. The Morgan fingerprint density at radius 3 is 2.27 bits per heavy atom. The molecule has 0 saturated carbocycles. The third-order valence-corrected chi connectivity index (χ3v) is 3.54. The highest BCUT2D eigenvalue weighted by molar-refractivity contribution is 7.89. The number of nitrogens with zero attached hydrogens (tertiary/aromatic N) is 3. The Bertz CT molecular complexity index is 840. The van der Waals surface area contributed by atoms with Crippen molar-refractivity contribution in [3.8, 4) is 5.69 Å². The minimum atomic E-state index is -3.85. The lowest BCUT2D eigenvalue weighted by molar-refractivity contribution is -0.117. The Morgan fingerprint density at radius 2 is 1.82 bits per heavy atom. The summed E-state index contributed by atoms with van der Waals surface area (Å²) in [6.45, 7) is 0. The third-order valence-electron chi connectivity index (χ3n) is 2.61. The van der Waals surface area contributed by atoms with E-state index in [0.29, 0.717) is 5.69 Å². The minimum Gasteiger partial charge on any atom is -0.475 e. The van der Waals surface area contributed by atoms with Crippen molar-refractivity contribution in [1.29, 1.82) is 0 Å². The van der Waals surface area contributed by atoms with Gasteiger partial charge < -0.3 is 10.8 Å². The number of carbonyl (C=O) groups excluding carboxylic acids is 1. The van der Waals surface area contributed by atoms with Crippen molar-refractivity contribution in [2.24, 2.45) is 10.9 Å². The predicted octanol–water partition coefficient (Wildman–Crippen LogP) is -1.36. The molecule has 0 bridgehead atoms. The molecule has 1 aromatic heterocycles. The van der Waals surface area contributed by atoms with E-state index in [-0.39, 0.29) is 17.1 Å². The average Bonchev–Trinajstić information content (AvgIpc) is 2.81. The summed E-state index contributed by atoms with van der Waals surface area (Å²) in [6, 6.07) is 5.15. The molecular formula is C11H11N5O5S. The number of primary sulfonamides is 1. The van der Waals surface area contributed by atoms with Gasteiger partial charge in [-0.15, -0.1) is 5.10 Å². The smallest absolute Gasteiger partial charge is 0.375 e. The fourth-order valence-electron chi connectivity index (χ4n) is 1.69. The van der Waals surface area contributed by atoms with E-state index >= 15 is 0 Å². The molecule has 116 valence electrons. The molecule has 0 saturated heterocycles. The molecule has 0 aliphatic carbocycles. The summed E-state index contributed by atoms with van der Waals surface area (Å²) in [5.74, 6) is -2.57. The van der Waals surface area contributed by atoms with E-state index in [1.807, 2.05) is 0 Å². The largest absolute Gasteiger partial charge is 0.475 e. The summed E-state index contributed by atoms with van der Waals surface area (Å²) < 4.78 is 23.5. The Hall–Kier alpha value is -2.79. The van der Waals surface area contributed by atoms with E-state index in [1.54, 1.807) is 0 Å². The van der Waals surface area contributed by atoms with Crippen LogP contribution in [0.25, 0.3) is 5.69 Å². The van der Waals surface area contributed by atoms with E-state index in [2.05, 4.69) is 10.1 Å². The Kier molecular flexibility index (Phi) is 3.93. The van der Waals surface area contributed by atoms with Crippen LogP contribution in [0.2, 0.25) is 0 Å². The normalized spacial score (nSPS) is 11.3. The van der Waals surface area contributed by atoms with Crippen molar-refractivity contribution in [3.05, 3.63) is 35.9 Å². The number of benzene rings is 1. The first-order valence-electron chi connectivity index (χ1n) is 5.79. The van der Waals surface area contributed by atoms with Crippen molar-refractivity contribution >= 4 is 21.9 Å². The minimum absolute atomic E-state index is 0.0215. The van der Waals surface area contributed by atoms with Crippen molar-refractivity contribution < 1.29 is 23.1 Å².